The van der Waals surface area contributed by atoms with Crippen LogP contribution in [0.25, 0.3) is 0 Å². The van der Waals surface area contributed by atoms with Crippen molar-refractivity contribution in [3.63, 3.8) is 0 Å². The molecule has 0 saturated carbocycles. The quantitative estimate of drug-likeness (QED) is 0.723. The molecule has 4 rings (SSSR count). The summed E-state index contributed by atoms with van der Waals surface area (Å²) in [5, 5.41) is 5.67. The maximum Gasteiger partial charge on any atom is 0.321 e. The first kappa shape index (κ1) is 22.8. The van der Waals surface area contributed by atoms with E-state index >= 15 is 0 Å². The summed E-state index contributed by atoms with van der Waals surface area (Å²) in [5.74, 6) is 0.578. The summed E-state index contributed by atoms with van der Waals surface area (Å²) < 4.78 is 0. The third kappa shape index (κ3) is 5.35. The van der Waals surface area contributed by atoms with Gasteiger partial charge < -0.3 is 20.4 Å². The van der Waals surface area contributed by atoms with E-state index in [1.807, 2.05) is 62.4 Å². The molecule has 2 aliphatic rings. The van der Waals surface area contributed by atoms with Crippen LogP contribution in [0.15, 0.2) is 53.5 Å². The highest BCUT2D eigenvalue weighted by Crippen LogP contribution is 2.28. The molecule has 0 aromatic heterocycles. The molecule has 2 aromatic carbocycles. The number of urea groups is 1. The van der Waals surface area contributed by atoms with Crippen LogP contribution in [-0.4, -0.2) is 48.5 Å². The molecule has 2 aromatic rings. The number of anilines is 2. The van der Waals surface area contributed by atoms with Gasteiger partial charge in [0.25, 0.3) is 5.91 Å². The van der Waals surface area contributed by atoms with Crippen molar-refractivity contribution in [3.05, 3.63) is 59.7 Å². The van der Waals surface area contributed by atoms with Gasteiger partial charge in [-0.25, -0.2) is 9.79 Å². The van der Waals surface area contributed by atoms with Crippen LogP contribution >= 0.6 is 0 Å². The standard InChI is InChI=1S/C26H33N5O2/c1-3-15-31-22-14-7-6-13-21(22)24(30-16-8-4-5-9-17-30)28-23(25(31)32)29-26(33)27-20-12-10-11-19(2)18-20/h6-7,10-14,18,23H,3-5,8-9,15-17H2,1-2H3,(H2,27,29,33). The number of hydrogen-bond donors (Lipinski definition) is 2. The smallest absolute Gasteiger partial charge is 0.321 e. The van der Waals surface area contributed by atoms with Gasteiger partial charge in [0.2, 0.25) is 6.17 Å². The number of rotatable bonds is 4. The van der Waals surface area contributed by atoms with Crippen molar-refractivity contribution < 1.29 is 9.59 Å². The number of nitrogens with zero attached hydrogens (tertiary/aromatic N) is 3. The lowest BCUT2D eigenvalue weighted by molar-refractivity contribution is -0.120. The summed E-state index contributed by atoms with van der Waals surface area (Å²) in [7, 11) is 0. The molecule has 7 heteroatoms. The summed E-state index contributed by atoms with van der Waals surface area (Å²) in [6.07, 6.45) is 4.41. The molecule has 7 nitrogen and oxygen atoms in total. The van der Waals surface area contributed by atoms with Crippen molar-refractivity contribution in [2.24, 2.45) is 4.99 Å². The molecular weight excluding hydrogens is 414 g/mol. The van der Waals surface area contributed by atoms with E-state index in [-0.39, 0.29) is 5.91 Å². The molecule has 0 aliphatic carbocycles. The molecule has 0 radical (unpaired) electrons. The first-order valence-electron chi connectivity index (χ1n) is 11.9. The van der Waals surface area contributed by atoms with E-state index in [1.54, 1.807) is 4.90 Å². The van der Waals surface area contributed by atoms with Crippen molar-refractivity contribution >= 4 is 29.1 Å². The Morgan fingerprint density at radius 2 is 1.82 bits per heavy atom. The molecule has 0 spiro atoms. The number of para-hydroxylation sites is 1. The Bertz CT molecular complexity index is 1030. The van der Waals surface area contributed by atoms with Gasteiger partial charge >= 0.3 is 6.03 Å². The fourth-order valence-electron chi connectivity index (χ4n) is 4.51. The van der Waals surface area contributed by atoms with E-state index < -0.39 is 12.2 Å². The molecule has 2 aliphatic heterocycles. The molecule has 2 heterocycles. The lowest BCUT2D eigenvalue weighted by atomic mass is 10.1. The number of benzodiazepines with no additional fused rings is 1. The lowest BCUT2D eigenvalue weighted by Crippen LogP contribution is -2.49. The number of carbonyl (C=O) groups is 2. The highest BCUT2D eigenvalue weighted by molar-refractivity contribution is 6.12. The molecule has 174 valence electrons. The van der Waals surface area contributed by atoms with Crippen molar-refractivity contribution in [2.75, 3.05) is 29.9 Å². The zero-order valence-electron chi connectivity index (χ0n) is 19.5. The largest absolute Gasteiger partial charge is 0.356 e. The molecule has 1 saturated heterocycles. The van der Waals surface area contributed by atoms with Gasteiger partial charge in [0, 0.05) is 30.9 Å². The van der Waals surface area contributed by atoms with Crippen LogP contribution in [0.2, 0.25) is 0 Å². The number of likely N-dealkylation sites (tertiary alicyclic amines) is 1. The average molecular weight is 448 g/mol. The zero-order chi connectivity index (χ0) is 23.2. The third-order valence-corrected chi connectivity index (χ3v) is 6.08. The van der Waals surface area contributed by atoms with Gasteiger partial charge in [-0.15, -0.1) is 0 Å². The first-order chi connectivity index (χ1) is 16.1. The molecule has 33 heavy (non-hydrogen) atoms. The van der Waals surface area contributed by atoms with Gasteiger partial charge in [0.05, 0.1) is 5.69 Å². The molecule has 1 unspecified atom stereocenters. The number of amidine groups is 1. The molecule has 3 amide bonds. The van der Waals surface area contributed by atoms with Crippen LogP contribution in [0.1, 0.15) is 50.2 Å². The SMILES string of the molecule is CCCN1C(=O)C(NC(=O)Nc2cccc(C)c2)N=C(N2CCCCCC2)c2ccccc21. The molecular formula is C26H33N5O2. The van der Waals surface area contributed by atoms with Gasteiger partial charge in [-0.3, -0.25) is 4.79 Å². The second kappa shape index (κ2) is 10.5. The Labute approximate surface area is 195 Å². The number of hydrogen-bond acceptors (Lipinski definition) is 4. The van der Waals surface area contributed by atoms with Crippen LogP contribution < -0.4 is 15.5 Å². The van der Waals surface area contributed by atoms with Crippen molar-refractivity contribution in [3.8, 4) is 0 Å². The Morgan fingerprint density at radius 3 is 2.55 bits per heavy atom. The van der Waals surface area contributed by atoms with Crippen LogP contribution in [0.5, 0.6) is 0 Å². The maximum absolute atomic E-state index is 13.6. The third-order valence-electron chi connectivity index (χ3n) is 6.08. The number of benzene rings is 2. The minimum atomic E-state index is -0.994. The van der Waals surface area contributed by atoms with E-state index in [1.165, 1.54) is 12.8 Å². The van der Waals surface area contributed by atoms with Crippen molar-refractivity contribution in [2.45, 2.75) is 52.1 Å². The second-order valence-electron chi connectivity index (χ2n) is 8.73. The minimum Gasteiger partial charge on any atom is -0.356 e. The topological polar surface area (TPSA) is 77.0 Å². The number of aryl methyl sites for hydroxylation is 1. The Balaban J connectivity index is 1.67. The predicted molar refractivity (Wildman–Crippen MR) is 133 cm³/mol. The first-order valence-corrected chi connectivity index (χ1v) is 11.9. The number of nitrogens with one attached hydrogen (secondary N) is 2. The van der Waals surface area contributed by atoms with E-state index in [2.05, 4.69) is 15.5 Å². The van der Waals surface area contributed by atoms with Gasteiger partial charge in [-0.05, 0) is 56.0 Å². The second-order valence-corrected chi connectivity index (χ2v) is 8.73. The molecule has 1 fully saturated rings. The summed E-state index contributed by atoms with van der Waals surface area (Å²) in [6.45, 7) is 6.38. The number of aliphatic imine (C=N–C) groups is 1. The monoisotopic (exact) mass is 447 g/mol. The average Bonchev–Trinajstić information content (AvgIpc) is 3.14. The van der Waals surface area contributed by atoms with Crippen LogP contribution in [0.3, 0.4) is 0 Å². The van der Waals surface area contributed by atoms with Crippen LogP contribution in [-0.2, 0) is 4.79 Å². The van der Waals surface area contributed by atoms with Crippen LogP contribution in [0.4, 0.5) is 16.2 Å². The lowest BCUT2D eigenvalue weighted by Gasteiger charge is -2.26. The van der Waals surface area contributed by atoms with Crippen molar-refractivity contribution in [1.29, 1.82) is 0 Å². The molecule has 2 N–H and O–H groups in total. The van der Waals surface area contributed by atoms with E-state index in [0.717, 1.165) is 55.0 Å². The van der Waals surface area contributed by atoms with Crippen molar-refractivity contribution in [1.82, 2.24) is 10.2 Å². The van der Waals surface area contributed by atoms with Gasteiger partial charge in [-0.1, -0.05) is 44.0 Å². The van der Waals surface area contributed by atoms with E-state index in [4.69, 9.17) is 4.99 Å². The molecule has 0 bridgehead atoms. The highest BCUT2D eigenvalue weighted by Gasteiger charge is 2.34. The Morgan fingerprint density at radius 1 is 1.06 bits per heavy atom. The fraction of sp³-hybridized carbons (Fsp3) is 0.423. The number of carbonyl (C=O) groups excluding carboxylic acids is 2. The van der Waals surface area contributed by atoms with E-state index in [0.29, 0.717) is 12.2 Å². The number of fused-ring (bicyclic) bond motifs is 1. The normalized spacial score (nSPS) is 18.7. The van der Waals surface area contributed by atoms with E-state index in [9.17, 15) is 9.59 Å². The summed E-state index contributed by atoms with van der Waals surface area (Å²) in [5.41, 5.74) is 3.53. The zero-order valence-corrected chi connectivity index (χ0v) is 19.5. The number of amides is 3. The Kier molecular flexibility index (Phi) is 7.27. The summed E-state index contributed by atoms with van der Waals surface area (Å²) in [4.78, 5) is 35.4. The summed E-state index contributed by atoms with van der Waals surface area (Å²) in [6, 6.07) is 15.1. The van der Waals surface area contributed by atoms with Gasteiger partial charge in [0.15, 0.2) is 0 Å². The maximum atomic E-state index is 13.6. The van der Waals surface area contributed by atoms with Gasteiger partial charge in [-0.2, -0.15) is 0 Å². The highest BCUT2D eigenvalue weighted by atomic mass is 16.2. The fourth-order valence-corrected chi connectivity index (χ4v) is 4.51. The minimum absolute atomic E-state index is 0.214. The predicted octanol–water partition coefficient (Wildman–Crippen LogP) is 4.52. The Hall–Kier alpha value is -3.35. The van der Waals surface area contributed by atoms with Gasteiger partial charge in [0.1, 0.15) is 5.84 Å². The summed E-state index contributed by atoms with van der Waals surface area (Å²) >= 11 is 0. The molecule has 1 atom stereocenters. The van der Waals surface area contributed by atoms with Crippen LogP contribution in [0, 0.1) is 6.92 Å².